The number of alkyl halides is 4. The van der Waals surface area contributed by atoms with Gasteiger partial charge in [-0.2, -0.15) is 8.78 Å². The van der Waals surface area contributed by atoms with Crippen LogP contribution in [-0.4, -0.2) is 22.4 Å². The molecule has 1 aliphatic carbocycles. The van der Waals surface area contributed by atoms with Crippen molar-refractivity contribution in [2.75, 3.05) is 0 Å². The van der Waals surface area contributed by atoms with E-state index in [9.17, 15) is 17.6 Å². The van der Waals surface area contributed by atoms with Crippen molar-refractivity contribution in [3.63, 3.8) is 0 Å². The predicted molar refractivity (Wildman–Crippen MR) is 48.5 cm³/mol. The lowest BCUT2D eigenvalue weighted by Gasteiger charge is -2.16. The summed E-state index contributed by atoms with van der Waals surface area (Å²) < 4.78 is 50.2. The van der Waals surface area contributed by atoms with Gasteiger partial charge in [-0.1, -0.05) is 0 Å². The lowest BCUT2D eigenvalue weighted by Crippen LogP contribution is -2.27. The van der Waals surface area contributed by atoms with Gasteiger partial charge in [0.1, 0.15) is 0 Å². The van der Waals surface area contributed by atoms with Crippen LogP contribution in [0.25, 0.3) is 0 Å². The number of aromatic nitrogens is 2. The Kier molecular flexibility index (Phi) is 2.65. The molecule has 16 heavy (non-hydrogen) atoms. The summed E-state index contributed by atoms with van der Waals surface area (Å²) in [6, 6.07) is -0.124. The molecular weight excluding hydrogens is 226 g/mol. The number of hydrogen-bond acceptors (Lipinski definition) is 2. The quantitative estimate of drug-likeness (QED) is 0.767. The SMILES string of the molecule is NC1CCc2nc(C(F)(F)C(F)F)[nH]c2C1. The molecule has 0 fully saturated rings. The summed E-state index contributed by atoms with van der Waals surface area (Å²) in [5.74, 6) is -5.18. The molecule has 0 spiro atoms. The third-order valence-electron chi connectivity index (χ3n) is 2.67. The van der Waals surface area contributed by atoms with Crippen LogP contribution in [0.3, 0.4) is 0 Å². The maximum absolute atomic E-state index is 13.0. The summed E-state index contributed by atoms with van der Waals surface area (Å²) in [5, 5.41) is 0. The van der Waals surface area contributed by atoms with Crippen LogP contribution in [0.2, 0.25) is 0 Å². The van der Waals surface area contributed by atoms with E-state index < -0.39 is 18.2 Å². The van der Waals surface area contributed by atoms with E-state index in [0.29, 0.717) is 30.7 Å². The highest BCUT2D eigenvalue weighted by Crippen LogP contribution is 2.34. The molecule has 3 N–H and O–H groups in total. The normalized spacial score (nSPS) is 21.2. The van der Waals surface area contributed by atoms with Crippen LogP contribution in [-0.2, 0) is 18.8 Å². The van der Waals surface area contributed by atoms with Crippen molar-refractivity contribution in [3.8, 4) is 0 Å². The highest BCUT2D eigenvalue weighted by Gasteiger charge is 2.46. The molecular formula is C9H11F4N3. The molecule has 1 aliphatic rings. The molecule has 1 atom stereocenters. The largest absolute Gasteiger partial charge is 0.363 e. The third-order valence-corrected chi connectivity index (χ3v) is 2.67. The van der Waals surface area contributed by atoms with Crippen molar-refractivity contribution < 1.29 is 17.6 Å². The molecule has 0 radical (unpaired) electrons. The summed E-state index contributed by atoms with van der Waals surface area (Å²) in [7, 11) is 0. The van der Waals surface area contributed by atoms with Crippen molar-refractivity contribution in [1.82, 2.24) is 9.97 Å². The van der Waals surface area contributed by atoms with E-state index in [4.69, 9.17) is 5.73 Å². The van der Waals surface area contributed by atoms with E-state index in [-0.39, 0.29) is 6.04 Å². The number of imidazole rings is 1. The number of nitrogens with one attached hydrogen (secondary N) is 1. The number of hydrogen-bond donors (Lipinski definition) is 2. The van der Waals surface area contributed by atoms with Gasteiger partial charge in [0.05, 0.1) is 5.69 Å². The van der Waals surface area contributed by atoms with E-state index >= 15 is 0 Å². The van der Waals surface area contributed by atoms with Crippen LogP contribution in [0, 0.1) is 0 Å². The van der Waals surface area contributed by atoms with Crippen molar-refractivity contribution in [3.05, 3.63) is 17.2 Å². The van der Waals surface area contributed by atoms with Crippen LogP contribution in [0.4, 0.5) is 17.6 Å². The maximum atomic E-state index is 13.0. The van der Waals surface area contributed by atoms with Crippen LogP contribution in [0.1, 0.15) is 23.6 Å². The summed E-state index contributed by atoms with van der Waals surface area (Å²) in [4.78, 5) is 5.80. The summed E-state index contributed by atoms with van der Waals surface area (Å²) >= 11 is 0. The Labute approximate surface area is 89.0 Å². The minimum Gasteiger partial charge on any atom is -0.340 e. The first-order valence-corrected chi connectivity index (χ1v) is 4.91. The second-order valence-electron chi connectivity index (χ2n) is 3.94. The topological polar surface area (TPSA) is 54.7 Å². The fourth-order valence-corrected chi connectivity index (χ4v) is 1.77. The van der Waals surface area contributed by atoms with Gasteiger partial charge >= 0.3 is 12.3 Å². The standard InChI is InChI=1S/C9H11F4N3/c10-7(11)9(12,13)8-15-5-2-1-4(14)3-6(5)16-8/h4,7H,1-3,14H2,(H,15,16). The summed E-state index contributed by atoms with van der Waals surface area (Å²) in [6.45, 7) is 0. The van der Waals surface area contributed by atoms with Crippen LogP contribution >= 0.6 is 0 Å². The fraction of sp³-hybridized carbons (Fsp3) is 0.667. The smallest absolute Gasteiger partial charge is 0.340 e. The van der Waals surface area contributed by atoms with E-state index in [2.05, 4.69) is 9.97 Å². The monoisotopic (exact) mass is 237 g/mol. The van der Waals surface area contributed by atoms with Gasteiger partial charge in [-0.25, -0.2) is 13.8 Å². The van der Waals surface area contributed by atoms with E-state index in [1.165, 1.54) is 0 Å². The van der Waals surface area contributed by atoms with E-state index in [0.717, 1.165) is 0 Å². The lowest BCUT2D eigenvalue weighted by atomic mass is 9.97. The maximum Gasteiger partial charge on any atom is 0.363 e. The molecule has 3 nitrogen and oxygen atoms in total. The zero-order valence-electron chi connectivity index (χ0n) is 8.31. The number of nitrogens with zero attached hydrogens (tertiary/aromatic N) is 1. The number of H-pyrrole nitrogens is 1. The first kappa shape index (κ1) is 11.4. The second kappa shape index (κ2) is 3.73. The third kappa shape index (κ3) is 1.79. The van der Waals surface area contributed by atoms with Crippen molar-refractivity contribution in [2.45, 2.75) is 37.7 Å². The number of aromatic amines is 1. The Morgan fingerprint density at radius 1 is 1.44 bits per heavy atom. The first-order chi connectivity index (χ1) is 7.41. The Bertz CT molecular complexity index is 388. The van der Waals surface area contributed by atoms with Crippen LogP contribution in [0.15, 0.2) is 0 Å². The second-order valence-corrected chi connectivity index (χ2v) is 3.94. The minimum absolute atomic E-state index is 0.124. The van der Waals surface area contributed by atoms with Gasteiger partial charge < -0.3 is 10.7 Å². The highest BCUT2D eigenvalue weighted by atomic mass is 19.3. The van der Waals surface area contributed by atoms with E-state index in [1.54, 1.807) is 0 Å². The Balaban J connectivity index is 2.32. The van der Waals surface area contributed by atoms with Gasteiger partial charge in [0.2, 0.25) is 0 Å². The molecule has 7 heteroatoms. The van der Waals surface area contributed by atoms with Gasteiger partial charge in [-0.3, -0.25) is 0 Å². The Morgan fingerprint density at radius 2 is 2.12 bits per heavy atom. The number of rotatable bonds is 2. The summed E-state index contributed by atoms with van der Waals surface area (Å²) in [5.41, 5.74) is 6.52. The zero-order chi connectivity index (χ0) is 11.9. The van der Waals surface area contributed by atoms with Crippen molar-refractivity contribution in [1.29, 1.82) is 0 Å². The molecule has 0 amide bonds. The average Bonchev–Trinajstić information content (AvgIpc) is 2.60. The highest BCUT2D eigenvalue weighted by molar-refractivity contribution is 5.21. The molecule has 90 valence electrons. The molecule has 1 unspecified atom stereocenters. The minimum atomic E-state index is -4.22. The molecule has 0 bridgehead atoms. The van der Waals surface area contributed by atoms with Crippen molar-refractivity contribution in [2.24, 2.45) is 5.73 Å². The van der Waals surface area contributed by atoms with E-state index in [1.807, 2.05) is 0 Å². The summed E-state index contributed by atoms with van der Waals surface area (Å²) in [6.07, 6.45) is -2.29. The zero-order valence-corrected chi connectivity index (χ0v) is 8.31. The number of nitrogens with two attached hydrogens (primary N) is 1. The van der Waals surface area contributed by atoms with Crippen LogP contribution in [0.5, 0.6) is 0 Å². The number of fused-ring (bicyclic) bond motifs is 1. The Hall–Kier alpha value is -1.11. The molecule has 1 aromatic rings. The number of halogens is 4. The number of aryl methyl sites for hydroxylation is 1. The molecule has 0 aromatic carbocycles. The fourth-order valence-electron chi connectivity index (χ4n) is 1.77. The van der Waals surface area contributed by atoms with Gasteiger partial charge in [0, 0.05) is 18.2 Å². The van der Waals surface area contributed by atoms with Gasteiger partial charge in [0.15, 0.2) is 5.82 Å². The molecule has 0 saturated heterocycles. The van der Waals surface area contributed by atoms with Gasteiger partial charge in [0.25, 0.3) is 0 Å². The molecule has 1 heterocycles. The van der Waals surface area contributed by atoms with Gasteiger partial charge in [-0.05, 0) is 12.8 Å². The van der Waals surface area contributed by atoms with Crippen molar-refractivity contribution >= 4 is 0 Å². The van der Waals surface area contributed by atoms with Gasteiger partial charge in [-0.15, -0.1) is 0 Å². The molecule has 2 rings (SSSR count). The Morgan fingerprint density at radius 3 is 2.75 bits per heavy atom. The molecule has 0 aliphatic heterocycles. The molecule has 0 saturated carbocycles. The first-order valence-electron chi connectivity index (χ1n) is 4.91. The molecule has 1 aromatic heterocycles. The van der Waals surface area contributed by atoms with Crippen LogP contribution < -0.4 is 5.73 Å². The average molecular weight is 237 g/mol. The predicted octanol–water partition coefficient (Wildman–Crippen LogP) is 1.58. The lowest BCUT2D eigenvalue weighted by molar-refractivity contribution is -0.140.